The minimum absolute atomic E-state index is 0.483. The number of hydrogen-bond donors (Lipinski definition) is 1. The van der Waals surface area contributed by atoms with Crippen LogP contribution >= 0.6 is 39.1 Å². The van der Waals surface area contributed by atoms with Crippen molar-refractivity contribution in [1.82, 2.24) is 0 Å². The van der Waals surface area contributed by atoms with Crippen molar-refractivity contribution in [3.8, 4) is 11.5 Å². The Bertz CT molecular complexity index is 575. The zero-order valence-electron chi connectivity index (χ0n) is 9.29. The van der Waals surface area contributed by atoms with Gasteiger partial charge < -0.3 is 10.5 Å². The Morgan fingerprint density at radius 1 is 1.06 bits per heavy atom. The van der Waals surface area contributed by atoms with Crippen LogP contribution in [0, 0.1) is 0 Å². The monoisotopic (exact) mass is 345 g/mol. The van der Waals surface area contributed by atoms with Gasteiger partial charge >= 0.3 is 0 Å². The van der Waals surface area contributed by atoms with E-state index in [4.69, 9.17) is 33.7 Å². The van der Waals surface area contributed by atoms with E-state index in [2.05, 4.69) is 15.9 Å². The van der Waals surface area contributed by atoms with Gasteiger partial charge in [0.05, 0.1) is 9.50 Å². The number of hydrogen-bond acceptors (Lipinski definition) is 2. The number of ether oxygens (including phenoxy) is 1. The molecule has 94 valence electrons. The second-order valence-corrected chi connectivity index (χ2v) is 5.34. The van der Waals surface area contributed by atoms with Crippen molar-refractivity contribution in [2.75, 3.05) is 0 Å². The van der Waals surface area contributed by atoms with E-state index in [0.717, 1.165) is 10.0 Å². The third-order valence-electron chi connectivity index (χ3n) is 2.35. The van der Waals surface area contributed by atoms with Crippen LogP contribution in [0.25, 0.3) is 0 Å². The average Bonchev–Trinajstić information content (AvgIpc) is 2.36. The lowest BCUT2D eigenvalue weighted by atomic mass is 10.2. The third kappa shape index (κ3) is 3.18. The van der Waals surface area contributed by atoms with Gasteiger partial charge in [-0.15, -0.1) is 0 Å². The molecule has 0 unspecified atom stereocenters. The highest BCUT2D eigenvalue weighted by Gasteiger charge is 2.07. The summed E-state index contributed by atoms with van der Waals surface area (Å²) < 4.78 is 6.54. The first-order valence-electron chi connectivity index (χ1n) is 5.21. The van der Waals surface area contributed by atoms with Crippen LogP contribution in [0.5, 0.6) is 11.5 Å². The fraction of sp³-hybridized carbons (Fsp3) is 0.0769. The summed E-state index contributed by atoms with van der Waals surface area (Å²) in [5, 5.41) is 1.08. The highest BCUT2D eigenvalue weighted by atomic mass is 79.9. The van der Waals surface area contributed by atoms with Crippen LogP contribution < -0.4 is 10.5 Å². The van der Waals surface area contributed by atoms with Gasteiger partial charge in [0.25, 0.3) is 0 Å². The Kier molecular flexibility index (Phi) is 4.51. The van der Waals surface area contributed by atoms with Crippen LogP contribution in [0.15, 0.2) is 40.9 Å². The summed E-state index contributed by atoms with van der Waals surface area (Å²) in [6, 6.07) is 10.7. The molecule has 0 saturated heterocycles. The zero-order chi connectivity index (χ0) is 13.1. The van der Waals surface area contributed by atoms with E-state index in [1.165, 1.54) is 0 Å². The van der Waals surface area contributed by atoms with Crippen molar-refractivity contribution >= 4 is 39.1 Å². The molecule has 0 aliphatic rings. The molecule has 2 N–H and O–H groups in total. The van der Waals surface area contributed by atoms with Crippen LogP contribution in [0.4, 0.5) is 0 Å². The summed E-state index contributed by atoms with van der Waals surface area (Å²) >= 11 is 15.4. The van der Waals surface area contributed by atoms with Gasteiger partial charge in [0.1, 0.15) is 11.5 Å². The van der Waals surface area contributed by atoms with Crippen molar-refractivity contribution in [3.05, 3.63) is 56.5 Å². The Morgan fingerprint density at radius 3 is 2.50 bits per heavy atom. The van der Waals surface area contributed by atoms with Crippen molar-refractivity contribution < 1.29 is 4.74 Å². The van der Waals surface area contributed by atoms with Gasteiger partial charge in [0.2, 0.25) is 0 Å². The highest BCUT2D eigenvalue weighted by Crippen LogP contribution is 2.35. The molecule has 0 aromatic heterocycles. The molecule has 2 aromatic carbocycles. The molecule has 0 saturated carbocycles. The van der Waals surface area contributed by atoms with Crippen LogP contribution in [-0.4, -0.2) is 0 Å². The Hall–Kier alpha value is -0.740. The molecule has 0 heterocycles. The van der Waals surface area contributed by atoms with Crippen molar-refractivity contribution in [3.63, 3.8) is 0 Å². The molecule has 0 aliphatic carbocycles. The van der Waals surface area contributed by atoms with E-state index in [1.54, 1.807) is 18.2 Å². The molecule has 0 atom stereocenters. The van der Waals surface area contributed by atoms with Crippen LogP contribution in [-0.2, 0) is 6.54 Å². The Labute approximate surface area is 124 Å². The maximum Gasteiger partial charge on any atom is 0.147 e. The molecule has 2 rings (SSSR count). The van der Waals surface area contributed by atoms with Crippen molar-refractivity contribution in [2.24, 2.45) is 5.73 Å². The number of benzene rings is 2. The van der Waals surface area contributed by atoms with E-state index < -0.39 is 0 Å². The first-order chi connectivity index (χ1) is 8.60. The zero-order valence-corrected chi connectivity index (χ0v) is 12.4. The van der Waals surface area contributed by atoms with Gasteiger partial charge in [-0.05, 0) is 45.8 Å². The molecule has 0 amide bonds. The maximum atomic E-state index is 6.04. The summed E-state index contributed by atoms with van der Waals surface area (Å²) in [4.78, 5) is 0. The van der Waals surface area contributed by atoms with Crippen molar-refractivity contribution in [2.45, 2.75) is 6.54 Å². The van der Waals surface area contributed by atoms with E-state index >= 15 is 0 Å². The summed E-state index contributed by atoms with van der Waals surface area (Å²) in [5.74, 6) is 1.18. The normalized spacial score (nSPS) is 10.4. The average molecular weight is 347 g/mol. The molecule has 2 aromatic rings. The molecule has 0 fully saturated rings. The van der Waals surface area contributed by atoms with E-state index in [1.807, 2.05) is 18.2 Å². The van der Waals surface area contributed by atoms with Gasteiger partial charge in [-0.2, -0.15) is 0 Å². The summed E-state index contributed by atoms with van der Waals surface area (Å²) in [6.07, 6.45) is 0. The minimum Gasteiger partial charge on any atom is -0.455 e. The van der Waals surface area contributed by atoms with Gasteiger partial charge in [0, 0.05) is 17.6 Å². The second-order valence-electron chi connectivity index (χ2n) is 3.65. The van der Waals surface area contributed by atoms with Crippen LogP contribution in [0.2, 0.25) is 10.0 Å². The number of nitrogens with two attached hydrogens (primary N) is 1. The molecule has 2 nitrogen and oxygen atoms in total. The maximum absolute atomic E-state index is 6.04. The first-order valence-corrected chi connectivity index (χ1v) is 6.76. The summed E-state index contributed by atoms with van der Waals surface area (Å²) in [7, 11) is 0. The quantitative estimate of drug-likeness (QED) is 0.848. The van der Waals surface area contributed by atoms with E-state index in [0.29, 0.717) is 28.1 Å². The SMILES string of the molecule is NCc1ccc(Oc2cc(Cl)ccc2Cl)c(Br)c1. The molecule has 0 bridgehead atoms. The fourth-order valence-corrected chi connectivity index (χ4v) is 2.25. The Balaban J connectivity index is 2.31. The van der Waals surface area contributed by atoms with E-state index in [9.17, 15) is 0 Å². The summed E-state index contributed by atoms with van der Waals surface area (Å²) in [5.41, 5.74) is 6.58. The first kappa shape index (κ1) is 13.7. The lowest BCUT2D eigenvalue weighted by Gasteiger charge is -2.10. The van der Waals surface area contributed by atoms with E-state index in [-0.39, 0.29) is 0 Å². The molecule has 0 spiro atoms. The molecule has 0 aliphatic heterocycles. The standard InChI is InChI=1S/C13H10BrCl2NO/c14-10-5-8(7-17)1-4-12(10)18-13-6-9(15)2-3-11(13)16/h1-6H,7,17H2. The number of halogens is 3. The topological polar surface area (TPSA) is 35.2 Å². The summed E-state index contributed by atoms with van der Waals surface area (Å²) in [6.45, 7) is 0.483. The molecular formula is C13H10BrCl2NO. The highest BCUT2D eigenvalue weighted by molar-refractivity contribution is 9.10. The lowest BCUT2D eigenvalue weighted by Crippen LogP contribution is -1.96. The van der Waals surface area contributed by atoms with Gasteiger partial charge in [-0.3, -0.25) is 0 Å². The van der Waals surface area contributed by atoms with Gasteiger partial charge in [-0.1, -0.05) is 29.3 Å². The predicted molar refractivity (Wildman–Crippen MR) is 78.6 cm³/mol. The second kappa shape index (κ2) is 5.93. The smallest absolute Gasteiger partial charge is 0.147 e. The fourth-order valence-electron chi connectivity index (χ4n) is 1.43. The third-order valence-corrected chi connectivity index (χ3v) is 3.51. The minimum atomic E-state index is 0.483. The molecule has 5 heteroatoms. The predicted octanol–water partition coefficient (Wildman–Crippen LogP) is 5.01. The Morgan fingerprint density at radius 2 is 1.83 bits per heavy atom. The van der Waals surface area contributed by atoms with Crippen LogP contribution in [0.1, 0.15) is 5.56 Å². The van der Waals surface area contributed by atoms with Gasteiger partial charge in [0.15, 0.2) is 0 Å². The molecule has 0 radical (unpaired) electrons. The molecular weight excluding hydrogens is 337 g/mol. The number of rotatable bonds is 3. The molecule has 18 heavy (non-hydrogen) atoms. The largest absolute Gasteiger partial charge is 0.455 e. The van der Waals surface area contributed by atoms with Crippen LogP contribution in [0.3, 0.4) is 0 Å². The lowest BCUT2D eigenvalue weighted by molar-refractivity contribution is 0.479. The van der Waals surface area contributed by atoms with Gasteiger partial charge in [-0.25, -0.2) is 0 Å². The van der Waals surface area contributed by atoms with Crippen molar-refractivity contribution in [1.29, 1.82) is 0 Å².